The van der Waals surface area contributed by atoms with Gasteiger partial charge in [0.15, 0.2) is 0 Å². The van der Waals surface area contributed by atoms with Gasteiger partial charge in [0.2, 0.25) is 0 Å². The summed E-state index contributed by atoms with van der Waals surface area (Å²) in [6.45, 7) is 9.90. The molecule has 1 aliphatic rings. The first-order chi connectivity index (χ1) is 7.85. The van der Waals surface area contributed by atoms with Gasteiger partial charge in [-0.25, -0.2) is 0 Å². The van der Waals surface area contributed by atoms with E-state index in [2.05, 4.69) is 33.0 Å². The Morgan fingerprint density at radius 3 is 2.53 bits per heavy atom. The van der Waals surface area contributed by atoms with Gasteiger partial charge in [-0.05, 0) is 37.1 Å². The Bertz CT molecular complexity index is 275. The molecule has 1 N–H and O–H groups in total. The third-order valence-corrected chi connectivity index (χ3v) is 4.27. The van der Waals surface area contributed by atoms with Gasteiger partial charge in [0.05, 0.1) is 13.5 Å². The minimum Gasteiger partial charge on any atom is -0.469 e. The Morgan fingerprint density at radius 1 is 1.41 bits per heavy atom. The Hall–Kier alpha value is -0.570. The predicted molar refractivity (Wildman–Crippen MR) is 69.8 cm³/mol. The first kappa shape index (κ1) is 14.5. The van der Waals surface area contributed by atoms with Crippen molar-refractivity contribution in [1.82, 2.24) is 5.32 Å². The van der Waals surface area contributed by atoms with Crippen molar-refractivity contribution in [3.63, 3.8) is 0 Å². The van der Waals surface area contributed by atoms with E-state index in [-0.39, 0.29) is 11.5 Å². The Labute approximate surface area is 105 Å². The fraction of sp³-hybridized carbons (Fsp3) is 0.929. The van der Waals surface area contributed by atoms with Crippen molar-refractivity contribution in [1.29, 1.82) is 0 Å². The molecule has 2 atom stereocenters. The van der Waals surface area contributed by atoms with Crippen molar-refractivity contribution in [2.75, 3.05) is 13.7 Å². The summed E-state index contributed by atoms with van der Waals surface area (Å²) in [7, 11) is 1.47. The minimum absolute atomic E-state index is 0.0582. The van der Waals surface area contributed by atoms with Gasteiger partial charge >= 0.3 is 5.97 Å². The van der Waals surface area contributed by atoms with Crippen molar-refractivity contribution < 1.29 is 9.53 Å². The molecule has 1 fully saturated rings. The van der Waals surface area contributed by atoms with Gasteiger partial charge < -0.3 is 10.1 Å². The van der Waals surface area contributed by atoms with Crippen LogP contribution >= 0.6 is 0 Å². The van der Waals surface area contributed by atoms with Crippen LogP contribution in [0.25, 0.3) is 0 Å². The lowest BCUT2D eigenvalue weighted by atomic mass is 9.62. The summed E-state index contributed by atoms with van der Waals surface area (Å²) in [5.74, 6) is 0.405. The molecule has 0 amide bonds. The summed E-state index contributed by atoms with van der Waals surface area (Å²) in [6, 6.07) is 0. The summed E-state index contributed by atoms with van der Waals surface area (Å²) < 4.78 is 4.85. The maximum Gasteiger partial charge on any atom is 0.307 e. The summed E-state index contributed by atoms with van der Waals surface area (Å²) in [4.78, 5) is 11.6. The number of carbonyl (C=O) groups is 1. The highest BCUT2D eigenvalue weighted by atomic mass is 16.5. The number of ether oxygens (including phenoxy) is 1. The third kappa shape index (κ3) is 3.44. The number of rotatable bonds is 4. The molecule has 0 aliphatic heterocycles. The monoisotopic (exact) mass is 241 g/mol. The Kier molecular flexibility index (Phi) is 4.59. The normalized spacial score (nSPS) is 32.2. The number of hydrogen-bond donors (Lipinski definition) is 1. The van der Waals surface area contributed by atoms with E-state index in [1.807, 2.05) is 0 Å². The second-order valence-electron chi connectivity index (χ2n) is 6.21. The second kappa shape index (κ2) is 5.38. The molecule has 0 radical (unpaired) electrons. The lowest BCUT2D eigenvalue weighted by molar-refractivity contribution is -0.144. The lowest BCUT2D eigenvalue weighted by Crippen LogP contribution is -2.55. The van der Waals surface area contributed by atoms with Crippen molar-refractivity contribution >= 4 is 5.97 Å². The van der Waals surface area contributed by atoms with Crippen LogP contribution in [-0.4, -0.2) is 25.2 Å². The summed E-state index contributed by atoms with van der Waals surface area (Å²) in [6.07, 6.45) is 3.89. The molecule has 0 aromatic carbocycles. The van der Waals surface area contributed by atoms with Gasteiger partial charge in [0.1, 0.15) is 0 Å². The lowest BCUT2D eigenvalue weighted by Gasteiger charge is -2.48. The van der Waals surface area contributed by atoms with E-state index in [1.54, 1.807) is 0 Å². The first-order valence-electron chi connectivity index (χ1n) is 6.67. The topological polar surface area (TPSA) is 38.3 Å². The van der Waals surface area contributed by atoms with E-state index >= 15 is 0 Å². The maximum absolute atomic E-state index is 11.6. The van der Waals surface area contributed by atoms with Crippen molar-refractivity contribution in [2.45, 2.75) is 58.9 Å². The fourth-order valence-electron chi connectivity index (χ4n) is 3.20. The van der Waals surface area contributed by atoms with Crippen molar-refractivity contribution in [3.8, 4) is 0 Å². The molecular formula is C14H27NO2. The van der Waals surface area contributed by atoms with Gasteiger partial charge in [-0.15, -0.1) is 0 Å². The standard InChI is InChI=1S/C14H27NO2/c1-6-15-14(10-12(16)17-5)8-7-13(3,4)9-11(14)2/h11,15H,6-10H2,1-5H3. The average molecular weight is 241 g/mol. The summed E-state index contributed by atoms with van der Waals surface area (Å²) in [5, 5.41) is 3.55. The SMILES string of the molecule is CCNC1(CC(=O)OC)CCC(C)(C)CC1C. The number of carbonyl (C=O) groups excluding carboxylic acids is 1. The molecule has 17 heavy (non-hydrogen) atoms. The van der Waals surface area contributed by atoms with Crippen LogP contribution in [0.15, 0.2) is 0 Å². The molecule has 100 valence electrons. The predicted octanol–water partition coefficient (Wildman–Crippen LogP) is 2.74. The molecule has 0 aromatic heterocycles. The van der Waals surface area contributed by atoms with Gasteiger partial charge in [-0.3, -0.25) is 4.79 Å². The fourth-order valence-corrected chi connectivity index (χ4v) is 3.20. The van der Waals surface area contributed by atoms with Crippen LogP contribution in [0, 0.1) is 11.3 Å². The van der Waals surface area contributed by atoms with Gasteiger partial charge in [0, 0.05) is 5.54 Å². The van der Waals surface area contributed by atoms with Crippen molar-refractivity contribution in [2.24, 2.45) is 11.3 Å². The van der Waals surface area contributed by atoms with Gasteiger partial charge in [-0.2, -0.15) is 0 Å². The van der Waals surface area contributed by atoms with E-state index in [0.717, 1.165) is 19.4 Å². The van der Waals surface area contributed by atoms with Gasteiger partial charge in [-0.1, -0.05) is 27.7 Å². The summed E-state index contributed by atoms with van der Waals surface area (Å²) >= 11 is 0. The number of methoxy groups -OCH3 is 1. The van der Waals surface area contributed by atoms with E-state index in [4.69, 9.17) is 4.74 Å². The maximum atomic E-state index is 11.6. The van der Waals surface area contributed by atoms with E-state index < -0.39 is 0 Å². The molecule has 2 unspecified atom stereocenters. The highest BCUT2D eigenvalue weighted by Gasteiger charge is 2.44. The molecule has 0 spiro atoms. The smallest absolute Gasteiger partial charge is 0.307 e. The molecule has 3 heteroatoms. The van der Waals surface area contributed by atoms with Crippen molar-refractivity contribution in [3.05, 3.63) is 0 Å². The van der Waals surface area contributed by atoms with Crippen LogP contribution < -0.4 is 5.32 Å². The van der Waals surface area contributed by atoms with E-state index in [0.29, 0.717) is 17.8 Å². The molecule has 0 saturated heterocycles. The number of hydrogen-bond acceptors (Lipinski definition) is 3. The zero-order chi connectivity index (χ0) is 13.1. The number of nitrogens with one attached hydrogen (secondary N) is 1. The highest BCUT2D eigenvalue weighted by molar-refractivity contribution is 5.70. The second-order valence-corrected chi connectivity index (χ2v) is 6.21. The Balaban J connectivity index is 2.81. The van der Waals surface area contributed by atoms with Crippen LogP contribution in [0.2, 0.25) is 0 Å². The van der Waals surface area contributed by atoms with Crippen LogP contribution in [0.3, 0.4) is 0 Å². The molecule has 3 nitrogen and oxygen atoms in total. The average Bonchev–Trinajstić information content (AvgIpc) is 2.24. The van der Waals surface area contributed by atoms with Crippen LogP contribution in [0.1, 0.15) is 53.4 Å². The van der Waals surface area contributed by atoms with Gasteiger partial charge in [0.25, 0.3) is 0 Å². The quantitative estimate of drug-likeness (QED) is 0.769. The minimum atomic E-state index is -0.0995. The molecule has 0 heterocycles. The van der Waals surface area contributed by atoms with Crippen LogP contribution in [0.4, 0.5) is 0 Å². The van der Waals surface area contributed by atoms with E-state index in [9.17, 15) is 4.79 Å². The summed E-state index contributed by atoms with van der Waals surface area (Å²) in [5.41, 5.74) is 0.339. The van der Waals surface area contributed by atoms with Crippen LogP contribution in [-0.2, 0) is 9.53 Å². The van der Waals surface area contributed by atoms with E-state index in [1.165, 1.54) is 13.5 Å². The molecule has 1 saturated carbocycles. The zero-order valence-corrected chi connectivity index (χ0v) is 11.9. The largest absolute Gasteiger partial charge is 0.469 e. The molecule has 0 bridgehead atoms. The number of esters is 1. The zero-order valence-electron chi connectivity index (χ0n) is 11.9. The molecule has 1 rings (SSSR count). The highest BCUT2D eigenvalue weighted by Crippen LogP contribution is 2.45. The first-order valence-corrected chi connectivity index (χ1v) is 6.67. The van der Waals surface area contributed by atoms with Crippen LogP contribution in [0.5, 0.6) is 0 Å². The Morgan fingerprint density at radius 2 is 2.06 bits per heavy atom. The third-order valence-electron chi connectivity index (χ3n) is 4.27. The molecular weight excluding hydrogens is 214 g/mol. The molecule has 0 aromatic rings. The molecule has 1 aliphatic carbocycles.